The van der Waals surface area contributed by atoms with Crippen LogP contribution in [0, 0.1) is 10.8 Å². The van der Waals surface area contributed by atoms with Crippen LogP contribution in [0.1, 0.15) is 41.0 Å². The van der Waals surface area contributed by atoms with Crippen molar-refractivity contribution in [2.45, 2.75) is 41.0 Å². The molecule has 88 valence electrons. The highest BCUT2D eigenvalue weighted by Gasteiger charge is 2.39. The van der Waals surface area contributed by atoms with E-state index in [-0.39, 0.29) is 5.97 Å². The van der Waals surface area contributed by atoms with E-state index in [0.717, 1.165) is 0 Å². The van der Waals surface area contributed by atoms with Crippen molar-refractivity contribution in [3.63, 3.8) is 0 Å². The number of rotatable bonds is 5. The number of carbonyl (C=O) groups is 2. The fourth-order valence-corrected chi connectivity index (χ4v) is 1.64. The molecule has 0 N–H and O–H groups in total. The van der Waals surface area contributed by atoms with E-state index in [1.165, 1.54) is 0 Å². The lowest BCUT2D eigenvalue weighted by Crippen LogP contribution is -2.34. The summed E-state index contributed by atoms with van der Waals surface area (Å²) in [5, 5.41) is -0.431. The van der Waals surface area contributed by atoms with Crippen LogP contribution in [0.25, 0.3) is 0 Å². The van der Waals surface area contributed by atoms with Crippen molar-refractivity contribution in [3.8, 4) is 0 Å². The van der Waals surface area contributed by atoms with Crippen molar-refractivity contribution in [1.82, 2.24) is 0 Å². The predicted molar refractivity (Wildman–Crippen MR) is 59.7 cm³/mol. The van der Waals surface area contributed by atoms with Crippen molar-refractivity contribution < 1.29 is 14.3 Å². The van der Waals surface area contributed by atoms with Crippen molar-refractivity contribution in [1.29, 1.82) is 0 Å². The van der Waals surface area contributed by atoms with Gasteiger partial charge < -0.3 is 4.74 Å². The smallest absolute Gasteiger partial charge is 0.311 e. The van der Waals surface area contributed by atoms with Gasteiger partial charge in [-0.2, -0.15) is 0 Å². The fraction of sp³-hybridized carbons (Fsp3) is 0.818. The highest BCUT2D eigenvalue weighted by atomic mass is 35.5. The Morgan fingerprint density at radius 1 is 1.13 bits per heavy atom. The third-order valence-corrected chi connectivity index (χ3v) is 2.76. The molecule has 0 aromatic rings. The highest BCUT2D eigenvalue weighted by molar-refractivity contribution is 6.64. The van der Waals surface area contributed by atoms with E-state index in [1.54, 1.807) is 34.6 Å². The van der Waals surface area contributed by atoms with Gasteiger partial charge in [0.25, 0.3) is 0 Å². The molecular weight excluding hydrogens is 216 g/mol. The largest absolute Gasteiger partial charge is 0.466 e. The Morgan fingerprint density at radius 3 is 1.93 bits per heavy atom. The van der Waals surface area contributed by atoms with E-state index < -0.39 is 16.1 Å². The molecule has 3 nitrogen and oxygen atoms in total. The molecule has 0 aliphatic rings. The van der Waals surface area contributed by atoms with E-state index in [4.69, 9.17) is 16.3 Å². The Bertz CT molecular complexity index is 257. The van der Waals surface area contributed by atoms with E-state index in [2.05, 4.69) is 0 Å². The topological polar surface area (TPSA) is 43.4 Å². The highest BCUT2D eigenvalue weighted by Crippen LogP contribution is 2.36. The minimum atomic E-state index is -0.710. The Morgan fingerprint density at radius 2 is 1.60 bits per heavy atom. The fourth-order valence-electron chi connectivity index (χ4n) is 1.57. The molecule has 0 aromatic carbocycles. The molecule has 0 bridgehead atoms. The number of carbonyl (C=O) groups excluding carboxylic acids is 2. The Labute approximate surface area is 96.1 Å². The lowest BCUT2D eigenvalue weighted by molar-refractivity contribution is -0.155. The first-order valence-corrected chi connectivity index (χ1v) is 5.38. The molecule has 0 aliphatic carbocycles. The molecule has 4 heteroatoms. The maximum Gasteiger partial charge on any atom is 0.311 e. The third-order valence-electron chi connectivity index (χ3n) is 2.24. The lowest BCUT2D eigenvalue weighted by Gasteiger charge is -2.30. The van der Waals surface area contributed by atoms with Crippen molar-refractivity contribution >= 4 is 22.8 Å². The molecule has 0 aromatic heterocycles. The van der Waals surface area contributed by atoms with Gasteiger partial charge in [0.1, 0.15) is 0 Å². The number of esters is 1. The SMILES string of the molecule is CCOC(=O)C(C)(C)CC(C)(C)C(=O)Cl. The van der Waals surface area contributed by atoms with Gasteiger partial charge in [0.2, 0.25) is 5.24 Å². The first-order valence-electron chi connectivity index (χ1n) is 5.00. The molecule has 0 saturated heterocycles. The summed E-state index contributed by atoms with van der Waals surface area (Å²) < 4.78 is 4.94. The standard InChI is InChI=1S/C11H19ClO3/c1-6-15-9(14)11(4,5)7-10(2,3)8(12)13/h6-7H2,1-5H3. The molecule has 0 rings (SSSR count). The number of hydrogen-bond acceptors (Lipinski definition) is 3. The summed E-state index contributed by atoms with van der Waals surface area (Å²) in [5.41, 5.74) is -1.40. The van der Waals surface area contributed by atoms with Crippen LogP contribution in [0.4, 0.5) is 0 Å². The summed E-state index contributed by atoms with van der Waals surface area (Å²) in [6.07, 6.45) is 0.376. The number of ether oxygens (including phenoxy) is 1. The minimum Gasteiger partial charge on any atom is -0.466 e. The molecule has 0 unspecified atom stereocenters. The van der Waals surface area contributed by atoms with Crippen molar-refractivity contribution in [2.75, 3.05) is 6.61 Å². The molecule has 0 saturated carbocycles. The summed E-state index contributed by atoms with van der Waals surface area (Å²) in [5.74, 6) is -0.295. The van der Waals surface area contributed by atoms with Crippen LogP contribution in [0.15, 0.2) is 0 Å². The van der Waals surface area contributed by atoms with Crippen LogP contribution < -0.4 is 0 Å². The van der Waals surface area contributed by atoms with Gasteiger partial charge in [-0.1, -0.05) is 13.8 Å². The van der Waals surface area contributed by atoms with Gasteiger partial charge in [-0.05, 0) is 38.8 Å². The van der Waals surface area contributed by atoms with Crippen LogP contribution in [-0.2, 0) is 14.3 Å². The zero-order chi connectivity index (χ0) is 12.3. The van der Waals surface area contributed by atoms with Crippen LogP contribution >= 0.6 is 11.6 Å². The average Bonchev–Trinajstić information content (AvgIpc) is 2.02. The molecule has 0 spiro atoms. The Balaban J connectivity index is 4.63. The summed E-state index contributed by atoms with van der Waals surface area (Å²) >= 11 is 5.47. The average molecular weight is 235 g/mol. The summed E-state index contributed by atoms with van der Waals surface area (Å²) in [7, 11) is 0. The Hall–Kier alpha value is -0.570. The quantitative estimate of drug-likeness (QED) is 0.543. The second kappa shape index (κ2) is 4.97. The predicted octanol–water partition coefficient (Wildman–Crippen LogP) is 2.76. The Kier molecular flexibility index (Phi) is 4.78. The van der Waals surface area contributed by atoms with Crippen LogP contribution in [0.5, 0.6) is 0 Å². The molecule has 0 heterocycles. The maximum atomic E-state index is 11.6. The molecule has 15 heavy (non-hydrogen) atoms. The van der Waals surface area contributed by atoms with E-state index in [1.807, 2.05) is 0 Å². The minimum absolute atomic E-state index is 0.295. The van der Waals surface area contributed by atoms with Gasteiger partial charge in [0.15, 0.2) is 0 Å². The summed E-state index contributed by atoms with van der Waals surface area (Å²) in [4.78, 5) is 22.7. The van der Waals surface area contributed by atoms with Crippen molar-refractivity contribution in [3.05, 3.63) is 0 Å². The molecule has 0 atom stereocenters. The third kappa shape index (κ3) is 4.20. The van der Waals surface area contributed by atoms with Gasteiger partial charge in [-0.3, -0.25) is 9.59 Å². The normalized spacial score (nSPS) is 12.4. The van der Waals surface area contributed by atoms with Gasteiger partial charge >= 0.3 is 5.97 Å². The lowest BCUT2D eigenvalue weighted by atomic mass is 9.76. The van der Waals surface area contributed by atoms with Gasteiger partial charge in [0, 0.05) is 5.41 Å². The van der Waals surface area contributed by atoms with Gasteiger partial charge in [-0.15, -0.1) is 0 Å². The zero-order valence-electron chi connectivity index (χ0n) is 10.0. The van der Waals surface area contributed by atoms with Crippen LogP contribution in [0.3, 0.4) is 0 Å². The number of halogens is 1. The molecule has 0 amide bonds. The van der Waals surface area contributed by atoms with Gasteiger partial charge in [-0.25, -0.2) is 0 Å². The van der Waals surface area contributed by atoms with Gasteiger partial charge in [0.05, 0.1) is 12.0 Å². The zero-order valence-corrected chi connectivity index (χ0v) is 10.8. The first kappa shape index (κ1) is 14.4. The molecule has 0 fully saturated rings. The van der Waals surface area contributed by atoms with E-state index in [9.17, 15) is 9.59 Å². The maximum absolute atomic E-state index is 11.6. The molecular formula is C11H19ClO3. The van der Waals surface area contributed by atoms with Crippen LogP contribution in [-0.4, -0.2) is 17.8 Å². The molecule has 0 aliphatic heterocycles. The first-order chi connectivity index (χ1) is 6.63. The van der Waals surface area contributed by atoms with E-state index in [0.29, 0.717) is 13.0 Å². The second-order valence-corrected chi connectivity index (χ2v) is 5.28. The monoisotopic (exact) mass is 234 g/mol. The van der Waals surface area contributed by atoms with E-state index >= 15 is 0 Å². The summed E-state index contributed by atoms with van der Waals surface area (Å²) in [6.45, 7) is 9.06. The van der Waals surface area contributed by atoms with Crippen LogP contribution in [0.2, 0.25) is 0 Å². The second-order valence-electron chi connectivity index (χ2n) is 4.94. The number of hydrogen-bond donors (Lipinski definition) is 0. The summed E-state index contributed by atoms with van der Waals surface area (Å²) in [6, 6.07) is 0. The molecule has 0 radical (unpaired) electrons. The van der Waals surface area contributed by atoms with Crippen molar-refractivity contribution in [2.24, 2.45) is 10.8 Å².